The Bertz CT molecular complexity index is 1340. The molecular formula is C29H33N5O3. The number of aryl methyl sites for hydroxylation is 1. The third-order valence-corrected chi connectivity index (χ3v) is 8.11. The van der Waals surface area contributed by atoms with Gasteiger partial charge in [0.25, 0.3) is 0 Å². The van der Waals surface area contributed by atoms with Gasteiger partial charge in [-0.3, -0.25) is 19.2 Å². The molecule has 1 spiro atoms. The summed E-state index contributed by atoms with van der Waals surface area (Å²) in [6, 6.07) is 18.0. The van der Waals surface area contributed by atoms with Crippen LogP contribution in [0.4, 0.5) is 5.69 Å². The van der Waals surface area contributed by atoms with E-state index in [1.165, 1.54) is 0 Å². The van der Waals surface area contributed by atoms with Crippen molar-refractivity contribution in [2.24, 2.45) is 0 Å². The molecule has 0 saturated carbocycles. The molecule has 6 rings (SSSR count). The van der Waals surface area contributed by atoms with Gasteiger partial charge >= 0.3 is 0 Å². The molecule has 1 saturated heterocycles. The number of nitrogens with zero attached hydrogens (tertiary/aromatic N) is 5. The van der Waals surface area contributed by atoms with Gasteiger partial charge in [-0.15, -0.1) is 0 Å². The molecule has 1 fully saturated rings. The minimum absolute atomic E-state index is 0.00502. The second-order valence-corrected chi connectivity index (χ2v) is 10.3. The third kappa shape index (κ3) is 3.91. The Kier molecular flexibility index (Phi) is 5.99. The van der Waals surface area contributed by atoms with Crippen LogP contribution in [0.5, 0.6) is 5.75 Å². The van der Waals surface area contributed by atoms with E-state index in [2.05, 4.69) is 36.1 Å². The molecule has 0 radical (unpaired) electrons. The SMILES string of the molecule is CCn1ccc(CN2CC[C@]34C(=O)N(CC(=O)N(C)CCCOc5cccc(c5)[C@H]23)c2ccccc24)n1. The zero-order valence-electron chi connectivity index (χ0n) is 21.5. The summed E-state index contributed by atoms with van der Waals surface area (Å²) in [6.07, 6.45) is 3.40. The molecule has 2 aromatic carbocycles. The van der Waals surface area contributed by atoms with Crippen LogP contribution in [0.1, 0.15) is 42.6 Å². The summed E-state index contributed by atoms with van der Waals surface area (Å²) in [5.41, 5.74) is 3.10. The molecule has 8 heteroatoms. The molecule has 192 valence electrons. The van der Waals surface area contributed by atoms with Crippen LogP contribution in [-0.4, -0.2) is 64.7 Å². The molecular weight excluding hydrogens is 466 g/mol. The number of ether oxygens (including phenoxy) is 1. The lowest BCUT2D eigenvalue weighted by Gasteiger charge is -2.35. The van der Waals surface area contributed by atoms with Crippen LogP contribution in [0.25, 0.3) is 0 Å². The van der Waals surface area contributed by atoms with E-state index in [9.17, 15) is 9.59 Å². The van der Waals surface area contributed by atoms with Gasteiger partial charge in [0.1, 0.15) is 12.3 Å². The van der Waals surface area contributed by atoms with Gasteiger partial charge in [0.15, 0.2) is 0 Å². The minimum Gasteiger partial charge on any atom is -0.494 e. The number of aromatic nitrogens is 2. The van der Waals surface area contributed by atoms with E-state index >= 15 is 0 Å². The highest BCUT2D eigenvalue weighted by molar-refractivity contribution is 6.11. The first-order valence-electron chi connectivity index (χ1n) is 13.2. The number of rotatable bonds is 3. The van der Waals surface area contributed by atoms with Crippen LogP contribution < -0.4 is 9.64 Å². The smallest absolute Gasteiger partial charge is 0.242 e. The number of amides is 2. The number of likely N-dealkylation sites (N-methyl/N-ethyl adjacent to an activating group) is 1. The highest BCUT2D eigenvalue weighted by Gasteiger charge is 2.60. The molecule has 2 amide bonds. The fourth-order valence-electron chi connectivity index (χ4n) is 6.30. The van der Waals surface area contributed by atoms with Crippen LogP contribution in [0, 0.1) is 0 Å². The molecule has 4 heterocycles. The van der Waals surface area contributed by atoms with Crippen molar-refractivity contribution in [3.63, 3.8) is 0 Å². The Labute approximate surface area is 217 Å². The predicted octanol–water partition coefficient (Wildman–Crippen LogP) is 3.38. The number of fused-ring (bicyclic) bond motifs is 6. The lowest BCUT2D eigenvalue weighted by molar-refractivity contribution is -0.131. The van der Waals surface area contributed by atoms with Crippen molar-refractivity contribution in [2.45, 2.75) is 44.3 Å². The Morgan fingerprint density at radius 2 is 1.95 bits per heavy atom. The molecule has 3 aliphatic rings. The fourth-order valence-corrected chi connectivity index (χ4v) is 6.30. The summed E-state index contributed by atoms with van der Waals surface area (Å²) < 4.78 is 8.03. The van der Waals surface area contributed by atoms with Crippen molar-refractivity contribution in [3.05, 3.63) is 77.6 Å². The third-order valence-electron chi connectivity index (χ3n) is 8.11. The number of hydrogen-bond acceptors (Lipinski definition) is 5. The van der Waals surface area contributed by atoms with Gasteiger partial charge in [0.2, 0.25) is 11.8 Å². The van der Waals surface area contributed by atoms with Crippen molar-refractivity contribution < 1.29 is 14.3 Å². The van der Waals surface area contributed by atoms with Gasteiger partial charge in [-0.05, 0) is 55.2 Å². The Morgan fingerprint density at radius 1 is 1.08 bits per heavy atom. The van der Waals surface area contributed by atoms with Gasteiger partial charge in [0.05, 0.1) is 23.8 Å². The van der Waals surface area contributed by atoms with E-state index in [-0.39, 0.29) is 24.4 Å². The van der Waals surface area contributed by atoms with Crippen molar-refractivity contribution in [1.82, 2.24) is 19.6 Å². The molecule has 3 aliphatic heterocycles. The van der Waals surface area contributed by atoms with Gasteiger partial charge in [-0.2, -0.15) is 5.10 Å². The molecule has 8 nitrogen and oxygen atoms in total. The van der Waals surface area contributed by atoms with Crippen LogP contribution in [-0.2, 0) is 28.1 Å². The number of para-hydroxylation sites is 1. The lowest BCUT2D eigenvalue weighted by Crippen LogP contribution is -2.47. The first-order valence-corrected chi connectivity index (χ1v) is 13.2. The fraction of sp³-hybridized carbons (Fsp3) is 0.414. The van der Waals surface area contributed by atoms with Gasteiger partial charge in [-0.1, -0.05) is 30.3 Å². The van der Waals surface area contributed by atoms with Crippen molar-refractivity contribution in [3.8, 4) is 5.75 Å². The summed E-state index contributed by atoms with van der Waals surface area (Å²) in [5, 5.41) is 4.73. The zero-order chi connectivity index (χ0) is 25.6. The van der Waals surface area contributed by atoms with E-state index in [0.717, 1.165) is 47.8 Å². The summed E-state index contributed by atoms with van der Waals surface area (Å²) in [6.45, 7) is 5.43. The Hall–Kier alpha value is -3.65. The average molecular weight is 500 g/mol. The lowest BCUT2D eigenvalue weighted by atomic mass is 9.72. The van der Waals surface area contributed by atoms with E-state index in [4.69, 9.17) is 9.84 Å². The second-order valence-electron chi connectivity index (χ2n) is 10.3. The van der Waals surface area contributed by atoms with Crippen LogP contribution in [0.2, 0.25) is 0 Å². The number of benzene rings is 2. The summed E-state index contributed by atoms with van der Waals surface area (Å²) in [7, 11) is 1.80. The normalized spacial score (nSPS) is 24.0. The maximum Gasteiger partial charge on any atom is 0.242 e. The van der Waals surface area contributed by atoms with E-state index in [1.54, 1.807) is 16.8 Å². The highest BCUT2D eigenvalue weighted by Crippen LogP contribution is 2.57. The molecule has 37 heavy (non-hydrogen) atoms. The largest absolute Gasteiger partial charge is 0.494 e. The van der Waals surface area contributed by atoms with Crippen LogP contribution in [0.15, 0.2) is 60.8 Å². The number of carbonyl (C=O) groups excluding carboxylic acids is 2. The predicted molar refractivity (Wildman–Crippen MR) is 140 cm³/mol. The number of anilines is 1. The summed E-state index contributed by atoms with van der Waals surface area (Å²) in [4.78, 5) is 33.5. The highest BCUT2D eigenvalue weighted by atomic mass is 16.5. The maximum atomic E-state index is 14.5. The van der Waals surface area contributed by atoms with E-state index in [0.29, 0.717) is 26.1 Å². The first kappa shape index (κ1) is 23.7. The molecule has 0 aliphatic carbocycles. The molecule has 1 aromatic heterocycles. The summed E-state index contributed by atoms with van der Waals surface area (Å²) in [5.74, 6) is 0.731. The molecule has 0 unspecified atom stereocenters. The molecule has 0 N–H and O–H groups in total. The monoisotopic (exact) mass is 499 g/mol. The standard InChI is InChI=1S/C29H33N5O3/c1-3-33-15-12-22(30-33)19-32-16-13-29-24-10-4-5-11-25(24)34(28(29)36)20-26(35)31(2)14-7-17-37-23-9-6-8-21(18-23)27(29)32/h4-6,8-12,15,18,27H,3,7,13-14,16-17,19-20H2,1-2H3/t27-,29+/m0/s1. The Morgan fingerprint density at radius 3 is 2.78 bits per heavy atom. The number of carbonyl (C=O) groups is 2. The molecule has 2 atom stereocenters. The van der Waals surface area contributed by atoms with Crippen LogP contribution >= 0.6 is 0 Å². The van der Waals surface area contributed by atoms with Crippen molar-refractivity contribution in [1.29, 1.82) is 0 Å². The number of hydrogen-bond donors (Lipinski definition) is 0. The van der Waals surface area contributed by atoms with Gasteiger partial charge in [-0.25, -0.2) is 0 Å². The maximum absolute atomic E-state index is 14.5. The zero-order valence-corrected chi connectivity index (χ0v) is 21.5. The molecule has 3 aromatic rings. The quantitative estimate of drug-likeness (QED) is 0.553. The average Bonchev–Trinajstić information content (AvgIpc) is 3.59. The molecule has 4 bridgehead atoms. The first-order chi connectivity index (χ1) is 18.0. The van der Waals surface area contributed by atoms with E-state index < -0.39 is 5.41 Å². The summed E-state index contributed by atoms with van der Waals surface area (Å²) >= 11 is 0. The van der Waals surface area contributed by atoms with Crippen LogP contribution in [0.3, 0.4) is 0 Å². The minimum atomic E-state index is -0.786. The van der Waals surface area contributed by atoms with Crippen molar-refractivity contribution in [2.75, 3.05) is 38.2 Å². The van der Waals surface area contributed by atoms with Crippen molar-refractivity contribution >= 4 is 17.5 Å². The van der Waals surface area contributed by atoms with Gasteiger partial charge < -0.3 is 14.5 Å². The van der Waals surface area contributed by atoms with E-state index in [1.807, 2.05) is 41.2 Å². The Balaban J connectivity index is 1.50. The van der Waals surface area contributed by atoms with Gasteiger partial charge in [0, 0.05) is 45.1 Å². The number of likely N-dealkylation sites (tertiary alicyclic amines) is 1. The second kappa shape index (κ2) is 9.34. The topological polar surface area (TPSA) is 70.9 Å².